The van der Waals surface area contributed by atoms with Crippen LogP contribution in [0.5, 0.6) is 5.75 Å². The van der Waals surface area contributed by atoms with Crippen LogP contribution in [0.15, 0.2) is 18.2 Å². The number of nitrogens with one attached hydrogen (secondary N) is 1. The second-order valence-electron chi connectivity index (χ2n) is 6.54. The molecular formula is C18H25N7O3. The second kappa shape index (κ2) is 8.44. The van der Waals surface area contributed by atoms with E-state index >= 15 is 0 Å². The second-order valence-corrected chi connectivity index (χ2v) is 6.54. The number of benzene rings is 1. The minimum atomic E-state index is 0.443. The van der Waals surface area contributed by atoms with Crippen LogP contribution in [-0.4, -0.2) is 74.7 Å². The molecule has 0 atom stereocenters. The minimum absolute atomic E-state index is 0.443. The maximum Gasteiger partial charge on any atom is 0.233 e. The molecule has 2 aliphatic rings. The quantitative estimate of drug-likeness (QED) is 0.717. The summed E-state index contributed by atoms with van der Waals surface area (Å²) >= 11 is 0. The van der Waals surface area contributed by atoms with Gasteiger partial charge in [0.1, 0.15) is 5.75 Å². The molecule has 3 N–H and O–H groups in total. The molecule has 0 aliphatic carbocycles. The third-order valence-electron chi connectivity index (χ3n) is 4.71. The molecule has 150 valence electrons. The van der Waals surface area contributed by atoms with Crippen LogP contribution in [-0.2, 0) is 9.47 Å². The van der Waals surface area contributed by atoms with Gasteiger partial charge in [0.15, 0.2) is 0 Å². The van der Waals surface area contributed by atoms with E-state index in [1.165, 1.54) is 0 Å². The molecule has 0 bridgehead atoms. The summed E-state index contributed by atoms with van der Waals surface area (Å²) in [5, 5.41) is 3.22. The minimum Gasteiger partial charge on any atom is -0.497 e. The Morgan fingerprint density at radius 3 is 2.04 bits per heavy atom. The zero-order chi connectivity index (χ0) is 19.3. The first-order chi connectivity index (χ1) is 13.7. The van der Waals surface area contributed by atoms with E-state index in [0.29, 0.717) is 61.4 Å². The average Bonchev–Trinajstić information content (AvgIpc) is 2.76. The highest BCUT2D eigenvalue weighted by Gasteiger charge is 2.21. The molecule has 0 radical (unpaired) electrons. The van der Waals surface area contributed by atoms with Crippen molar-refractivity contribution < 1.29 is 14.2 Å². The van der Waals surface area contributed by atoms with Crippen LogP contribution < -0.4 is 25.6 Å². The molecule has 10 nitrogen and oxygen atoms in total. The topological polar surface area (TPSA) is 111 Å². The maximum atomic E-state index is 6.11. The van der Waals surface area contributed by atoms with Crippen LogP contribution >= 0.6 is 0 Å². The van der Waals surface area contributed by atoms with Crippen molar-refractivity contribution in [2.45, 2.75) is 0 Å². The molecule has 28 heavy (non-hydrogen) atoms. The maximum absolute atomic E-state index is 6.11. The van der Waals surface area contributed by atoms with Gasteiger partial charge in [-0.2, -0.15) is 15.0 Å². The smallest absolute Gasteiger partial charge is 0.233 e. The number of nitrogens with two attached hydrogens (primary N) is 1. The summed E-state index contributed by atoms with van der Waals surface area (Å²) in [5.41, 5.74) is 7.38. The van der Waals surface area contributed by atoms with Crippen molar-refractivity contribution in [1.29, 1.82) is 0 Å². The summed E-state index contributed by atoms with van der Waals surface area (Å²) < 4.78 is 16.2. The summed E-state index contributed by atoms with van der Waals surface area (Å²) in [6.07, 6.45) is 0. The van der Waals surface area contributed by atoms with E-state index in [2.05, 4.69) is 25.1 Å². The number of hydrogen-bond acceptors (Lipinski definition) is 10. The molecule has 0 amide bonds. The van der Waals surface area contributed by atoms with E-state index in [1.54, 1.807) is 13.2 Å². The van der Waals surface area contributed by atoms with Gasteiger partial charge in [-0.1, -0.05) is 0 Å². The van der Waals surface area contributed by atoms with Crippen molar-refractivity contribution in [1.82, 2.24) is 15.0 Å². The van der Waals surface area contributed by atoms with E-state index in [9.17, 15) is 0 Å². The predicted octanol–water partition coefficient (Wildman–Crippen LogP) is 0.879. The lowest BCUT2D eigenvalue weighted by atomic mass is 10.2. The van der Waals surface area contributed by atoms with Gasteiger partial charge in [0, 0.05) is 32.2 Å². The van der Waals surface area contributed by atoms with E-state index in [1.807, 2.05) is 12.1 Å². The van der Waals surface area contributed by atoms with Crippen LogP contribution in [0.25, 0.3) is 0 Å². The van der Waals surface area contributed by atoms with Crippen LogP contribution in [0.3, 0.4) is 0 Å². The summed E-state index contributed by atoms with van der Waals surface area (Å²) in [5.74, 6) is 2.40. The highest BCUT2D eigenvalue weighted by molar-refractivity contribution is 5.72. The average molecular weight is 387 g/mol. The van der Waals surface area contributed by atoms with Crippen LogP contribution in [0.4, 0.5) is 29.2 Å². The van der Waals surface area contributed by atoms with Crippen molar-refractivity contribution in [3.63, 3.8) is 0 Å². The number of ether oxygens (including phenoxy) is 3. The number of hydrogen-bond donors (Lipinski definition) is 2. The monoisotopic (exact) mass is 387 g/mol. The molecule has 2 aromatic rings. The molecule has 1 aromatic carbocycles. The van der Waals surface area contributed by atoms with Gasteiger partial charge in [0.25, 0.3) is 0 Å². The van der Waals surface area contributed by atoms with Crippen molar-refractivity contribution >= 4 is 29.2 Å². The van der Waals surface area contributed by atoms with Crippen LogP contribution in [0, 0.1) is 0 Å². The summed E-state index contributed by atoms with van der Waals surface area (Å²) in [7, 11) is 1.62. The first-order valence-corrected chi connectivity index (χ1v) is 9.35. The van der Waals surface area contributed by atoms with Crippen molar-refractivity contribution in [3.05, 3.63) is 18.2 Å². The Labute approximate surface area is 163 Å². The van der Waals surface area contributed by atoms with Gasteiger partial charge in [0.2, 0.25) is 17.8 Å². The van der Waals surface area contributed by atoms with E-state index in [0.717, 1.165) is 26.2 Å². The number of nitrogen functional groups attached to an aromatic ring is 1. The highest BCUT2D eigenvalue weighted by Crippen LogP contribution is 2.28. The Bertz CT molecular complexity index is 772. The summed E-state index contributed by atoms with van der Waals surface area (Å²) in [6.45, 7) is 5.60. The van der Waals surface area contributed by atoms with Gasteiger partial charge in [-0.15, -0.1) is 0 Å². The SMILES string of the molecule is COc1ccc(N)c(Nc2nc(N3CCOCC3)nc(N3CCOCC3)n2)c1. The molecular weight excluding hydrogens is 362 g/mol. The standard InChI is InChI=1S/C18H25N7O3/c1-26-13-2-3-14(19)15(12-13)20-16-21-17(24-4-8-27-9-5-24)23-18(22-16)25-6-10-28-11-7-25/h2-3,12H,4-11,19H2,1H3,(H,20,21,22,23). The Hall–Kier alpha value is -2.85. The third-order valence-corrected chi connectivity index (χ3v) is 4.71. The summed E-state index contributed by atoms with van der Waals surface area (Å²) in [6, 6.07) is 5.42. The number of morpholine rings is 2. The van der Waals surface area contributed by atoms with Crippen molar-refractivity contribution in [2.75, 3.05) is 80.6 Å². The number of anilines is 5. The molecule has 3 heterocycles. The fourth-order valence-electron chi connectivity index (χ4n) is 3.11. The van der Waals surface area contributed by atoms with Crippen LogP contribution in [0.2, 0.25) is 0 Å². The van der Waals surface area contributed by atoms with Crippen molar-refractivity contribution in [2.24, 2.45) is 0 Å². The zero-order valence-electron chi connectivity index (χ0n) is 15.9. The number of nitrogens with zero attached hydrogens (tertiary/aromatic N) is 5. The normalized spacial score (nSPS) is 17.5. The number of aromatic nitrogens is 3. The van der Waals surface area contributed by atoms with Gasteiger partial charge < -0.3 is 35.1 Å². The Kier molecular flexibility index (Phi) is 5.58. The zero-order valence-corrected chi connectivity index (χ0v) is 15.9. The fraction of sp³-hybridized carbons (Fsp3) is 0.500. The fourth-order valence-corrected chi connectivity index (χ4v) is 3.11. The Morgan fingerprint density at radius 1 is 0.929 bits per heavy atom. The van der Waals surface area contributed by atoms with Gasteiger partial charge in [-0.3, -0.25) is 0 Å². The molecule has 1 aromatic heterocycles. The van der Waals surface area contributed by atoms with Gasteiger partial charge in [-0.25, -0.2) is 0 Å². The van der Waals surface area contributed by atoms with Gasteiger partial charge in [-0.05, 0) is 12.1 Å². The highest BCUT2D eigenvalue weighted by atomic mass is 16.5. The predicted molar refractivity (Wildman–Crippen MR) is 107 cm³/mol. The lowest BCUT2D eigenvalue weighted by Crippen LogP contribution is -2.40. The Morgan fingerprint density at radius 2 is 1.50 bits per heavy atom. The molecule has 10 heteroatoms. The van der Waals surface area contributed by atoms with Gasteiger partial charge in [0.05, 0.1) is 44.9 Å². The number of rotatable bonds is 5. The molecule has 2 saturated heterocycles. The molecule has 0 saturated carbocycles. The largest absolute Gasteiger partial charge is 0.497 e. The first-order valence-electron chi connectivity index (χ1n) is 9.35. The lowest BCUT2D eigenvalue weighted by Gasteiger charge is -2.30. The van der Waals surface area contributed by atoms with E-state index < -0.39 is 0 Å². The van der Waals surface area contributed by atoms with Crippen LogP contribution in [0.1, 0.15) is 0 Å². The van der Waals surface area contributed by atoms with E-state index in [-0.39, 0.29) is 0 Å². The molecule has 0 spiro atoms. The summed E-state index contributed by atoms with van der Waals surface area (Å²) in [4.78, 5) is 18.2. The van der Waals surface area contributed by atoms with Gasteiger partial charge >= 0.3 is 0 Å². The lowest BCUT2D eigenvalue weighted by molar-refractivity contribution is 0.121. The molecule has 0 unspecified atom stereocenters. The molecule has 4 rings (SSSR count). The first kappa shape index (κ1) is 18.5. The Balaban J connectivity index is 1.66. The van der Waals surface area contributed by atoms with Crippen molar-refractivity contribution in [3.8, 4) is 5.75 Å². The third kappa shape index (κ3) is 4.18. The molecule has 2 fully saturated rings. The van der Waals surface area contributed by atoms with E-state index in [4.69, 9.17) is 24.9 Å². The molecule has 2 aliphatic heterocycles. The number of methoxy groups -OCH3 is 1.